The molecule has 36 heavy (non-hydrogen) atoms. The van der Waals surface area contributed by atoms with Crippen molar-refractivity contribution in [3.63, 3.8) is 0 Å². The minimum atomic E-state index is -0.761. The van der Waals surface area contributed by atoms with Gasteiger partial charge in [0.1, 0.15) is 17.4 Å². The molecular formula is C30H31N3O3. The summed E-state index contributed by atoms with van der Waals surface area (Å²) in [6.07, 6.45) is 4.05. The van der Waals surface area contributed by atoms with Crippen LogP contribution in [0.4, 0.5) is 4.79 Å². The Morgan fingerprint density at radius 2 is 1.36 bits per heavy atom. The third-order valence-electron chi connectivity index (χ3n) is 5.89. The number of ether oxygens (including phenoxy) is 1. The largest absolute Gasteiger partial charge is 0.444 e. The molecule has 0 saturated carbocycles. The first kappa shape index (κ1) is 24.9. The summed E-state index contributed by atoms with van der Waals surface area (Å²) in [6.45, 7) is 5.33. The highest BCUT2D eigenvalue weighted by atomic mass is 16.6. The smallest absolute Gasteiger partial charge is 0.408 e. The fourth-order valence-corrected chi connectivity index (χ4v) is 4.46. The van der Waals surface area contributed by atoms with E-state index in [1.165, 1.54) is 0 Å². The molecule has 6 heteroatoms. The van der Waals surface area contributed by atoms with E-state index in [-0.39, 0.29) is 6.42 Å². The summed E-state index contributed by atoms with van der Waals surface area (Å²) < 4.78 is 7.39. The maximum absolute atomic E-state index is 12.2. The highest BCUT2D eigenvalue weighted by Gasteiger charge is 2.38. The first-order chi connectivity index (χ1) is 17.3. The monoisotopic (exact) mass is 481 g/mol. The zero-order valence-corrected chi connectivity index (χ0v) is 20.8. The number of hydrogen-bond acceptors (Lipinski definition) is 4. The number of nitrogens with zero attached hydrogens (tertiary/aromatic N) is 2. The number of amides is 1. The number of imidazole rings is 1. The van der Waals surface area contributed by atoms with Gasteiger partial charge in [-0.1, -0.05) is 91.0 Å². The lowest BCUT2D eigenvalue weighted by atomic mass is 9.77. The van der Waals surface area contributed by atoms with E-state index in [1.807, 2.05) is 60.8 Å². The summed E-state index contributed by atoms with van der Waals surface area (Å²) in [4.78, 5) is 28.6. The van der Waals surface area contributed by atoms with Gasteiger partial charge in [0.05, 0.1) is 18.1 Å². The zero-order chi connectivity index (χ0) is 25.6. The Labute approximate surface area is 212 Å². The van der Waals surface area contributed by atoms with Gasteiger partial charge in [0.15, 0.2) is 0 Å². The number of aromatic nitrogens is 2. The van der Waals surface area contributed by atoms with Crippen LogP contribution >= 0.6 is 0 Å². The van der Waals surface area contributed by atoms with E-state index in [4.69, 9.17) is 4.74 Å². The van der Waals surface area contributed by atoms with Crippen LogP contribution in [0.15, 0.2) is 104 Å². The molecule has 3 aromatic carbocycles. The second kappa shape index (κ2) is 10.6. The Hall–Kier alpha value is -4.19. The molecule has 6 nitrogen and oxygen atoms in total. The Morgan fingerprint density at radius 3 is 1.78 bits per heavy atom. The molecule has 1 amide bonds. The molecule has 0 aliphatic rings. The number of carbonyl (C=O) groups excluding carboxylic acids is 2. The quantitative estimate of drug-likeness (QED) is 0.272. The van der Waals surface area contributed by atoms with Crippen LogP contribution in [0, 0.1) is 0 Å². The van der Waals surface area contributed by atoms with Crippen molar-refractivity contribution in [1.29, 1.82) is 0 Å². The highest BCUT2D eigenvalue weighted by molar-refractivity contribution is 5.73. The summed E-state index contributed by atoms with van der Waals surface area (Å²) in [7, 11) is 0. The van der Waals surface area contributed by atoms with Crippen LogP contribution in [0.5, 0.6) is 0 Å². The van der Waals surface area contributed by atoms with Gasteiger partial charge in [-0.2, -0.15) is 0 Å². The van der Waals surface area contributed by atoms with Gasteiger partial charge in [-0.25, -0.2) is 9.78 Å². The third-order valence-corrected chi connectivity index (χ3v) is 5.89. The maximum Gasteiger partial charge on any atom is 0.408 e. The molecule has 4 rings (SSSR count). The summed E-state index contributed by atoms with van der Waals surface area (Å²) in [5.74, 6) is 0. The van der Waals surface area contributed by atoms with Crippen LogP contribution in [0.3, 0.4) is 0 Å². The molecule has 0 radical (unpaired) electrons. The van der Waals surface area contributed by atoms with Gasteiger partial charge in [-0.05, 0) is 37.5 Å². The molecule has 184 valence electrons. The average molecular weight is 482 g/mol. The molecule has 1 atom stereocenters. The van der Waals surface area contributed by atoms with E-state index >= 15 is 0 Å². The Bertz CT molecular complexity index is 1180. The maximum atomic E-state index is 12.2. The minimum absolute atomic E-state index is 0.240. The van der Waals surface area contributed by atoms with E-state index in [2.05, 4.69) is 51.3 Å². The zero-order valence-electron chi connectivity index (χ0n) is 20.8. The topological polar surface area (TPSA) is 73.2 Å². The summed E-state index contributed by atoms with van der Waals surface area (Å²) in [5.41, 5.74) is 2.56. The SMILES string of the molecule is CC(C)(C)OC(=O)NC(C=O)Cc1cn(C(c2ccccc2)(c2ccccc2)c2ccccc2)cn1. The first-order valence-electron chi connectivity index (χ1n) is 12.0. The molecule has 1 heterocycles. The first-order valence-corrected chi connectivity index (χ1v) is 12.0. The molecular weight excluding hydrogens is 450 g/mol. The molecule has 0 saturated heterocycles. The highest BCUT2D eigenvalue weighted by Crippen LogP contribution is 2.40. The van der Waals surface area contributed by atoms with Crippen molar-refractivity contribution in [2.45, 2.75) is 44.4 Å². The lowest BCUT2D eigenvalue weighted by Gasteiger charge is -2.37. The predicted molar refractivity (Wildman–Crippen MR) is 140 cm³/mol. The fraction of sp³-hybridized carbons (Fsp3) is 0.233. The standard InChI is InChI=1S/C30H31N3O3/c1-29(2,3)36-28(35)32-27(21-34)19-26-20-33(22-31-26)30(23-13-7-4-8-14-23,24-15-9-5-10-16-24)25-17-11-6-12-18-25/h4-18,20-22,27H,19H2,1-3H3,(H,32,35). The lowest BCUT2D eigenvalue weighted by molar-refractivity contribution is -0.109. The number of carbonyl (C=O) groups is 2. The van der Waals surface area contributed by atoms with E-state index in [0.717, 1.165) is 16.7 Å². The van der Waals surface area contributed by atoms with Crippen molar-refractivity contribution < 1.29 is 14.3 Å². The van der Waals surface area contributed by atoms with Gasteiger partial charge >= 0.3 is 6.09 Å². The minimum Gasteiger partial charge on any atom is -0.444 e. The molecule has 0 aliphatic heterocycles. The van der Waals surface area contributed by atoms with E-state index < -0.39 is 23.3 Å². The number of rotatable bonds is 8. The normalized spacial score (nSPS) is 12.5. The third kappa shape index (κ3) is 5.38. The van der Waals surface area contributed by atoms with Crippen molar-refractivity contribution in [3.8, 4) is 0 Å². The Morgan fingerprint density at radius 1 is 0.889 bits per heavy atom. The number of nitrogens with one attached hydrogen (secondary N) is 1. The van der Waals surface area contributed by atoms with Crippen molar-refractivity contribution >= 4 is 12.4 Å². The van der Waals surface area contributed by atoms with Crippen LogP contribution in [0.1, 0.15) is 43.2 Å². The Kier molecular flexibility index (Phi) is 7.34. The fourth-order valence-electron chi connectivity index (χ4n) is 4.46. The predicted octanol–water partition coefficient (Wildman–Crippen LogP) is 5.36. The molecule has 4 aromatic rings. The molecule has 0 spiro atoms. The van der Waals surface area contributed by atoms with Crippen molar-refractivity contribution in [2.24, 2.45) is 0 Å². The number of hydrogen-bond donors (Lipinski definition) is 1. The van der Waals surface area contributed by atoms with Crippen LogP contribution < -0.4 is 5.32 Å². The van der Waals surface area contributed by atoms with Gasteiger partial charge in [0.25, 0.3) is 0 Å². The molecule has 1 unspecified atom stereocenters. The molecule has 1 aromatic heterocycles. The second-order valence-electron chi connectivity index (χ2n) is 9.67. The van der Waals surface area contributed by atoms with Gasteiger partial charge in [0, 0.05) is 12.6 Å². The molecule has 0 aliphatic carbocycles. The van der Waals surface area contributed by atoms with Gasteiger partial charge in [0.2, 0.25) is 0 Å². The second-order valence-corrected chi connectivity index (χ2v) is 9.67. The Balaban J connectivity index is 1.77. The lowest BCUT2D eigenvalue weighted by Crippen LogP contribution is -2.41. The average Bonchev–Trinajstić information content (AvgIpc) is 3.33. The summed E-state index contributed by atoms with van der Waals surface area (Å²) in [6, 6.07) is 30.1. The van der Waals surface area contributed by atoms with Gasteiger partial charge in [-0.3, -0.25) is 0 Å². The summed E-state index contributed by atoms with van der Waals surface area (Å²) >= 11 is 0. The number of aldehydes is 1. The number of benzene rings is 3. The molecule has 0 fully saturated rings. The van der Waals surface area contributed by atoms with Crippen molar-refractivity contribution in [2.75, 3.05) is 0 Å². The molecule has 1 N–H and O–H groups in total. The summed E-state index contributed by atoms with van der Waals surface area (Å²) in [5, 5.41) is 2.64. The number of alkyl carbamates (subject to hydrolysis) is 1. The van der Waals surface area contributed by atoms with Gasteiger partial charge in [-0.15, -0.1) is 0 Å². The van der Waals surface area contributed by atoms with Crippen molar-refractivity contribution in [1.82, 2.24) is 14.9 Å². The van der Waals surface area contributed by atoms with E-state index in [0.29, 0.717) is 12.0 Å². The van der Waals surface area contributed by atoms with Gasteiger partial charge < -0.3 is 19.4 Å². The van der Waals surface area contributed by atoms with Crippen molar-refractivity contribution in [3.05, 3.63) is 126 Å². The molecule has 0 bridgehead atoms. The van der Waals surface area contributed by atoms with E-state index in [1.54, 1.807) is 27.1 Å². The van der Waals surface area contributed by atoms with E-state index in [9.17, 15) is 9.59 Å². The van der Waals surface area contributed by atoms with Crippen LogP contribution in [0.25, 0.3) is 0 Å². The van der Waals surface area contributed by atoms with Crippen LogP contribution in [-0.2, 0) is 21.5 Å². The van der Waals surface area contributed by atoms with Crippen LogP contribution in [0.2, 0.25) is 0 Å². The van der Waals surface area contributed by atoms with Crippen LogP contribution in [-0.4, -0.2) is 33.6 Å².